The number of nitrogens with zero attached hydrogens (tertiary/aromatic N) is 2. The minimum Gasteiger partial charge on any atom is -0.335 e. The second-order valence-electron chi connectivity index (χ2n) is 5.09. The van der Waals surface area contributed by atoms with Crippen LogP contribution in [0.5, 0.6) is 0 Å². The summed E-state index contributed by atoms with van der Waals surface area (Å²) in [5.74, 6) is -0.415. The van der Waals surface area contributed by atoms with Gasteiger partial charge in [0, 0.05) is 26.5 Å². The molecular weight excluding hydrogens is 261 g/mol. The third-order valence-corrected chi connectivity index (χ3v) is 3.63. The van der Waals surface area contributed by atoms with Crippen LogP contribution in [0.25, 0.3) is 11.0 Å². The average molecular weight is 277 g/mol. The molecule has 0 aliphatic heterocycles. The maximum absolute atomic E-state index is 14.0. The topological polar surface area (TPSA) is 56.1 Å². The largest absolute Gasteiger partial charge is 0.335 e. The molecular formula is C14H16FN3O2. The minimum absolute atomic E-state index is 0.195. The lowest BCUT2D eigenvalue weighted by atomic mass is 10.0. The van der Waals surface area contributed by atoms with Crippen LogP contribution in [0.4, 0.5) is 4.39 Å². The molecule has 1 atom stereocenters. The Hall–Kier alpha value is -1.79. The van der Waals surface area contributed by atoms with Gasteiger partial charge in [-0.3, -0.25) is 9.63 Å². The molecule has 0 saturated heterocycles. The van der Waals surface area contributed by atoms with E-state index < -0.39 is 11.9 Å². The van der Waals surface area contributed by atoms with Crippen molar-refractivity contribution >= 4 is 16.8 Å². The summed E-state index contributed by atoms with van der Waals surface area (Å²) in [6, 6.07) is 1.27. The Morgan fingerprint density at radius 3 is 3.00 bits per heavy atom. The number of Topliss-reactive ketones (excluding diaryl/α,β-unsaturated/α-hetero) is 1. The fourth-order valence-corrected chi connectivity index (χ4v) is 2.49. The summed E-state index contributed by atoms with van der Waals surface area (Å²) in [6.07, 6.45) is 4.38. The number of carbonyl (C=O) groups is 1. The van der Waals surface area contributed by atoms with Gasteiger partial charge < -0.3 is 4.57 Å². The highest BCUT2D eigenvalue weighted by Crippen LogP contribution is 2.36. The van der Waals surface area contributed by atoms with Crippen molar-refractivity contribution in [2.45, 2.75) is 18.9 Å². The van der Waals surface area contributed by atoms with Crippen molar-refractivity contribution in [2.75, 3.05) is 7.05 Å². The smallest absolute Gasteiger partial charge is 0.196 e. The fraction of sp³-hybridized carbons (Fsp3) is 0.429. The number of hydrogen-bond acceptors (Lipinski definition) is 4. The van der Waals surface area contributed by atoms with Gasteiger partial charge in [-0.25, -0.2) is 14.9 Å². The van der Waals surface area contributed by atoms with Gasteiger partial charge in [0.25, 0.3) is 0 Å². The standard InChI is InChI=1S/C14H16FN3O2/c1-16-20-13(8-3-4-8)12(19)9-7-18(2)14-11(9)10(15)5-6-17-14/h5-8,13,16H,3-4H2,1-2H3. The van der Waals surface area contributed by atoms with Gasteiger partial charge in [-0.1, -0.05) is 0 Å². The number of aryl methyl sites for hydroxylation is 1. The Morgan fingerprint density at radius 2 is 2.35 bits per heavy atom. The van der Waals surface area contributed by atoms with Crippen LogP contribution in [0.1, 0.15) is 23.2 Å². The first-order valence-corrected chi connectivity index (χ1v) is 6.59. The lowest BCUT2D eigenvalue weighted by Crippen LogP contribution is -2.31. The maximum Gasteiger partial charge on any atom is 0.196 e. The summed E-state index contributed by atoms with van der Waals surface area (Å²) in [6.45, 7) is 0. The van der Waals surface area contributed by atoms with Crippen molar-refractivity contribution in [1.29, 1.82) is 0 Å². The number of hydrogen-bond donors (Lipinski definition) is 1. The summed E-state index contributed by atoms with van der Waals surface area (Å²) >= 11 is 0. The van der Waals surface area contributed by atoms with Gasteiger partial charge in [-0.05, 0) is 24.8 Å². The van der Waals surface area contributed by atoms with Crippen LogP contribution in [0.2, 0.25) is 0 Å². The van der Waals surface area contributed by atoms with Crippen LogP contribution in [-0.2, 0) is 11.9 Å². The zero-order chi connectivity index (χ0) is 14.3. The molecule has 1 N–H and O–H groups in total. The second kappa shape index (κ2) is 4.96. The Labute approximate surface area is 115 Å². The predicted molar refractivity (Wildman–Crippen MR) is 71.7 cm³/mol. The van der Waals surface area contributed by atoms with Gasteiger partial charge >= 0.3 is 0 Å². The maximum atomic E-state index is 14.0. The number of carbonyl (C=O) groups excluding carboxylic acids is 1. The molecule has 1 aliphatic rings. The van der Waals surface area contributed by atoms with Gasteiger partial charge in [0.1, 0.15) is 17.6 Å². The lowest BCUT2D eigenvalue weighted by Gasteiger charge is -2.14. The molecule has 6 heteroatoms. The molecule has 1 saturated carbocycles. The van der Waals surface area contributed by atoms with E-state index >= 15 is 0 Å². The molecule has 106 valence electrons. The Kier molecular flexibility index (Phi) is 3.27. The van der Waals surface area contributed by atoms with Gasteiger partial charge in [0.2, 0.25) is 0 Å². The molecule has 20 heavy (non-hydrogen) atoms. The van der Waals surface area contributed by atoms with Crippen molar-refractivity contribution in [3.8, 4) is 0 Å². The summed E-state index contributed by atoms with van der Waals surface area (Å²) < 4.78 is 15.7. The van der Waals surface area contributed by atoms with E-state index in [4.69, 9.17) is 4.84 Å². The molecule has 0 aromatic carbocycles. The average Bonchev–Trinajstić information content (AvgIpc) is 3.21. The third kappa shape index (κ3) is 2.10. The summed E-state index contributed by atoms with van der Waals surface area (Å²) in [5.41, 5.74) is 3.37. The van der Waals surface area contributed by atoms with Crippen LogP contribution < -0.4 is 5.48 Å². The fourth-order valence-electron chi connectivity index (χ4n) is 2.49. The van der Waals surface area contributed by atoms with E-state index in [1.54, 1.807) is 24.9 Å². The number of nitrogens with one attached hydrogen (secondary N) is 1. The quantitative estimate of drug-likeness (QED) is 0.669. The highest BCUT2D eigenvalue weighted by atomic mass is 19.1. The summed E-state index contributed by atoms with van der Waals surface area (Å²) in [4.78, 5) is 22.1. The zero-order valence-electron chi connectivity index (χ0n) is 11.4. The van der Waals surface area contributed by atoms with Crippen LogP contribution in [0, 0.1) is 11.7 Å². The van der Waals surface area contributed by atoms with E-state index in [0.29, 0.717) is 11.2 Å². The van der Waals surface area contributed by atoms with E-state index in [9.17, 15) is 9.18 Å². The van der Waals surface area contributed by atoms with Crippen molar-refractivity contribution in [1.82, 2.24) is 15.0 Å². The molecule has 1 fully saturated rings. The zero-order valence-corrected chi connectivity index (χ0v) is 11.4. The predicted octanol–water partition coefficient (Wildman–Crippen LogP) is 1.82. The molecule has 5 nitrogen and oxygen atoms in total. The number of pyridine rings is 1. The Balaban J connectivity index is 2.07. The van der Waals surface area contributed by atoms with E-state index in [0.717, 1.165) is 12.8 Å². The molecule has 2 aromatic heterocycles. The number of halogens is 1. The molecule has 1 unspecified atom stereocenters. The van der Waals surface area contributed by atoms with E-state index in [1.165, 1.54) is 12.3 Å². The Bertz CT molecular complexity index is 664. The molecule has 2 heterocycles. The van der Waals surface area contributed by atoms with Crippen molar-refractivity contribution < 1.29 is 14.0 Å². The molecule has 3 rings (SSSR count). The van der Waals surface area contributed by atoms with Crippen molar-refractivity contribution in [3.63, 3.8) is 0 Å². The van der Waals surface area contributed by atoms with Crippen LogP contribution in [0.3, 0.4) is 0 Å². The second-order valence-corrected chi connectivity index (χ2v) is 5.09. The van der Waals surface area contributed by atoms with E-state index in [1.807, 2.05) is 0 Å². The summed E-state index contributed by atoms with van der Waals surface area (Å²) in [7, 11) is 3.37. The Morgan fingerprint density at radius 1 is 1.60 bits per heavy atom. The normalized spacial score (nSPS) is 16.6. The first-order chi connectivity index (χ1) is 9.63. The minimum atomic E-state index is -0.565. The lowest BCUT2D eigenvalue weighted by molar-refractivity contribution is -0.0120. The molecule has 0 spiro atoms. The number of rotatable bonds is 5. The number of fused-ring (bicyclic) bond motifs is 1. The first kappa shape index (κ1) is 13.2. The SMILES string of the molecule is CNOC(C(=O)c1cn(C)c2nccc(F)c12)C1CC1. The molecule has 0 bridgehead atoms. The van der Waals surface area contributed by atoms with Crippen LogP contribution in [0.15, 0.2) is 18.5 Å². The van der Waals surface area contributed by atoms with Crippen molar-refractivity contribution in [2.24, 2.45) is 13.0 Å². The summed E-state index contributed by atoms with van der Waals surface area (Å²) in [5, 5.41) is 0.269. The molecule has 2 aromatic rings. The number of ketones is 1. The van der Waals surface area contributed by atoms with Gasteiger partial charge in [0.15, 0.2) is 5.78 Å². The van der Waals surface area contributed by atoms with Crippen LogP contribution in [-0.4, -0.2) is 28.5 Å². The third-order valence-electron chi connectivity index (χ3n) is 3.63. The molecule has 0 radical (unpaired) electrons. The molecule has 0 amide bonds. The highest BCUT2D eigenvalue weighted by molar-refractivity contribution is 6.09. The van der Waals surface area contributed by atoms with Gasteiger partial charge in [-0.15, -0.1) is 0 Å². The highest BCUT2D eigenvalue weighted by Gasteiger charge is 2.39. The van der Waals surface area contributed by atoms with E-state index in [-0.39, 0.29) is 17.1 Å². The van der Waals surface area contributed by atoms with E-state index in [2.05, 4.69) is 10.5 Å². The van der Waals surface area contributed by atoms with Crippen LogP contribution >= 0.6 is 0 Å². The number of hydroxylamine groups is 1. The monoisotopic (exact) mass is 277 g/mol. The first-order valence-electron chi connectivity index (χ1n) is 6.59. The number of aromatic nitrogens is 2. The van der Waals surface area contributed by atoms with Gasteiger partial charge in [0.05, 0.1) is 10.9 Å². The molecule has 1 aliphatic carbocycles. The van der Waals surface area contributed by atoms with Crippen molar-refractivity contribution in [3.05, 3.63) is 29.8 Å². The van der Waals surface area contributed by atoms with Gasteiger partial charge in [-0.2, -0.15) is 0 Å².